The lowest BCUT2D eigenvalue weighted by atomic mass is 9.87. The van der Waals surface area contributed by atoms with E-state index in [-0.39, 0.29) is 0 Å². The van der Waals surface area contributed by atoms with Crippen molar-refractivity contribution < 1.29 is 4.74 Å². The molecule has 1 aromatic rings. The molecule has 0 aromatic heterocycles. The van der Waals surface area contributed by atoms with E-state index in [1.54, 1.807) is 0 Å². The quantitative estimate of drug-likeness (QED) is 0.701. The van der Waals surface area contributed by atoms with Crippen LogP contribution in [0.1, 0.15) is 76.3 Å². The monoisotopic (exact) mass is 277 g/mol. The van der Waals surface area contributed by atoms with Crippen molar-refractivity contribution in [3.05, 3.63) is 29.3 Å². The first-order chi connectivity index (χ1) is 9.63. The molecule has 0 spiro atoms. The number of rotatable bonds is 9. The first kappa shape index (κ1) is 17.0. The topological polar surface area (TPSA) is 35.2 Å². The summed E-state index contributed by atoms with van der Waals surface area (Å²) in [6.07, 6.45) is 4.76. The minimum absolute atomic E-state index is 0.494. The van der Waals surface area contributed by atoms with Crippen LogP contribution < -0.4 is 10.5 Å². The van der Waals surface area contributed by atoms with Crippen LogP contribution in [-0.4, -0.2) is 13.2 Å². The van der Waals surface area contributed by atoms with Gasteiger partial charge in [0.05, 0.1) is 6.61 Å². The van der Waals surface area contributed by atoms with Gasteiger partial charge in [0, 0.05) is 0 Å². The fraction of sp³-hybridized carbons (Fsp3) is 0.667. The summed E-state index contributed by atoms with van der Waals surface area (Å²) in [5.74, 6) is 2.17. The van der Waals surface area contributed by atoms with Gasteiger partial charge in [-0.3, -0.25) is 0 Å². The highest BCUT2D eigenvalue weighted by Crippen LogP contribution is 2.33. The molecule has 0 fully saturated rings. The van der Waals surface area contributed by atoms with Crippen LogP contribution in [0.4, 0.5) is 0 Å². The minimum Gasteiger partial charge on any atom is -0.494 e. The predicted molar refractivity (Wildman–Crippen MR) is 87.6 cm³/mol. The Morgan fingerprint density at radius 3 is 2.45 bits per heavy atom. The summed E-state index contributed by atoms with van der Waals surface area (Å²) in [5.41, 5.74) is 8.46. The van der Waals surface area contributed by atoms with Crippen LogP contribution in [0.3, 0.4) is 0 Å². The molecule has 2 N–H and O–H groups in total. The molecular formula is C18H31NO. The second-order valence-corrected chi connectivity index (χ2v) is 5.80. The summed E-state index contributed by atoms with van der Waals surface area (Å²) in [6, 6.07) is 6.75. The third-order valence-corrected chi connectivity index (χ3v) is 3.82. The molecule has 114 valence electrons. The maximum atomic E-state index is 5.75. The Labute approximate surface area is 124 Å². The summed E-state index contributed by atoms with van der Waals surface area (Å²) in [6.45, 7) is 10.3. The van der Waals surface area contributed by atoms with Crippen molar-refractivity contribution in [2.45, 2.75) is 65.2 Å². The largest absolute Gasteiger partial charge is 0.494 e. The summed E-state index contributed by atoms with van der Waals surface area (Å²) in [7, 11) is 0. The van der Waals surface area contributed by atoms with E-state index in [0.717, 1.165) is 25.3 Å². The SMILES string of the molecule is CCCC(CCCN)c1ccc(OCC)c(C(C)C)c1. The van der Waals surface area contributed by atoms with Gasteiger partial charge >= 0.3 is 0 Å². The van der Waals surface area contributed by atoms with Crippen molar-refractivity contribution in [1.29, 1.82) is 0 Å². The van der Waals surface area contributed by atoms with E-state index in [4.69, 9.17) is 10.5 Å². The molecule has 0 aliphatic heterocycles. The van der Waals surface area contributed by atoms with Gasteiger partial charge in [0.1, 0.15) is 5.75 Å². The van der Waals surface area contributed by atoms with Crippen molar-refractivity contribution in [3.8, 4) is 5.75 Å². The summed E-state index contributed by atoms with van der Waals surface area (Å²) in [5, 5.41) is 0. The highest BCUT2D eigenvalue weighted by molar-refractivity contribution is 5.40. The summed E-state index contributed by atoms with van der Waals surface area (Å²) >= 11 is 0. The van der Waals surface area contributed by atoms with Gasteiger partial charge in [-0.25, -0.2) is 0 Å². The van der Waals surface area contributed by atoms with Crippen molar-refractivity contribution in [1.82, 2.24) is 0 Å². The number of nitrogens with two attached hydrogens (primary N) is 1. The fourth-order valence-electron chi connectivity index (χ4n) is 2.75. The molecule has 1 rings (SSSR count). The van der Waals surface area contributed by atoms with Gasteiger partial charge in [-0.1, -0.05) is 39.3 Å². The normalized spacial score (nSPS) is 12.7. The lowest BCUT2D eigenvalue weighted by Crippen LogP contribution is -2.06. The van der Waals surface area contributed by atoms with Crippen LogP contribution in [0.25, 0.3) is 0 Å². The van der Waals surface area contributed by atoms with Crippen molar-refractivity contribution in [3.63, 3.8) is 0 Å². The van der Waals surface area contributed by atoms with Gasteiger partial charge in [0.25, 0.3) is 0 Å². The fourth-order valence-corrected chi connectivity index (χ4v) is 2.75. The number of benzene rings is 1. The first-order valence-electron chi connectivity index (χ1n) is 8.10. The Morgan fingerprint density at radius 2 is 1.90 bits per heavy atom. The second kappa shape index (κ2) is 9.02. The Hall–Kier alpha value is -1.02. The highest BCUT2D eigenvalue weighted by atomic mass is 16.5. The van der Waals surface area contributed by atoms with E-state index in [1.807, 2.05) is 6.92 Å². The minimum atomic E-state index is 0.494. The summed E-state index contributed by atoms with van der Waals surface area (Å²) < 4.78 is 5.75. The van der Waals surface area contributed by atoms with E-state index >= 15 is 0 Å². The predicted octanol–water partition coefficient (Wildman–Crippen LogP) is 4.83. The van der Waals surface area contributed by atoms with Crippen LogP contribution >= 0.6 is 0 Å². The molecule has 2 nitrogen and oxygen atoms in total. The van der Waals surface area contributed by atoms with Gasteiger partial charge in [-0.05, 0) is 61.8 Å². The van der Waals surface area contributed by atoms with Crippen molar-refractivity contribution >= 4 is 0 Å². The van der Waals surface area contributed by atoms with Crippen LogP contribution in [0.15, 0.2) is 18.2 Å². The standard InChI is InChI=1S/C18H31NO/c1-5-8-15(9-7-12-19)16-10-11-18(20-6-2)17(13-16)14(3)4/h10-11,13-15H,5-9,12,19H2,1-4H3. The average Bonchev–Trinajstić information content (AvgIpc) is 2.44. The Morgan fingerprint density at radius 1 is 1.15 bits per heavy atom. The van der Waals surface area contributed by atoms with E-state index in [1.165, 1.54) is 30.4 Å². The summed E-state index contributed by atoms with van der Waals surface area (Å²) in [4.78, 5) is 0. The Balaban J connectivity index is 3.00. The molecule has 0 aliphatic carbocycles. The van der Waals surface area contributed by atoms with Crippen molar-refractivity contribution in [2.24, 2.45) is 5.73 Å². The van der Waals surface area contributed by atoms with Gasteiger partial charge < -0.3 is 10.5 Å². The zero-order valence-electron chi connectivity index (χ0n) is 13.6. The zero-order valence-corrected chi connectivity index (χ0v) is 13.6. The van der Waals surface area contributed by atoms with Gasteiger partial charge in [0.15, 0.2) is 0 Å². The molecule has 0 heterocycles. The van der Waals surface area contributed by atoms with Crippen LogP contribution in [0, 0.1) is 0 Å². The highest BCUT2D eigenvalue weighted by Gasteiger charge is 2.14. The number of hydrogen-bond acceptors (Lipinski definition) is 2. The second-order valence-electron chi connectivity index (χ2n) is 5.80. The average molecular weight is 277 g/mol. The van der Waals surface area contributed by atoms with E-state index in [9.17, 15) is 0 Å². The maximum Gasteiger partial charge on any atom is 0.122 e. The molecule has 20 heavy (non-hydrogen) atoms. The first-order valence-corrected chi connectivity index (χ1v) is 8.10. The maximum absolute atomic E-state index is 5.75. The molecule has 0 bridgehead atoms. The van der Waals surface area contributed by atoms with E-state index in [0.29, 0.717) is 11.8 Å². The molecule has 0 aliphatic rings. The Kier molecular flexibility index (Phi) is 7.68. The van der Waals surface area contributed by atoms with Gasteiger partial charge in [-0.15, -0.1) is 0 Å². The third-order valence-electron chi connectivity index (χ3n) is 3.82. The molecule has 2 heteroatoms. The lowest BCUT2D eigenvalue weighted by Gasteiger charge is -2.20. The molecular weight excluding hydrogens is 246 g/mol. The zero-order chi connectivity index (χ0) is 15.0. The molecule has 1 aromatic carbocycles. The van der Waals surface area contributed by atoms with Crippen LogP contribution in [0.5, 0.6) is 5.75 Å². The third kappa shape index (κ3) is 4.82. The molecule has 0 amide bonds. The van der Waals surface area contributed by atoms with E-state index in [2.05, 4.69) is 39.0 Å². The smallest absolute Gasteiger partial charge is 0.122 e. The van der Waals surface area contributed by atoms with Crippen LogP contribution in [0.2, 0.25) is 0 Å². The Bertz CT molecular complexity index is 387. The molecule has 0 radical (unpaired) electrons. The number of hydrogen-bond donors (Lipinski definition) is 1. The van der Waals surface area contributed by atoms with Gasteiger partial charge in [0.2, 0.25) is 0 Å². The van der Waals surface area contributed by atoms with E-state index < -0.39 is 0 Å². The number of ether oxygens (including phenoxy) is 1. The lowest BCUT2D eigenvalue weighted by molar-refractivity contribution is 0.335. The molecule has 1 unspecified atom stereocenters. The molecule has 0 saturated heterocycles. The van der Waals surface area contributed by atoms with Crippen LogP contribution in [-0.2, 0) is 0 Å². The molecule has 1 atom stereocenters. The van der Waals surface area contributed by atoms with Crippen molar-refractivity contribution in [2.75, 3.05) is 13.2 Å². The molecule has 0 saturated carbocycles. The van der Waals surface area contributed by atoms with Gasteiger partial charge in [-0.2, -0.15) is 0 Å².